The number of allylic oxidation sites excluding steroid dienone is 3. The van der Waals surface area contributed by atoms with Crippen LogP contribution in [0.4, 0.5) is 10.1 Å². The number of nitrogen functional groups attached to an aromatic ring is 1. The van der Waals surface area contributed by atoms with E-state index >= 15 is 0 Å². The van der Waals surface area contributed by atoms with E-state index in [1.54, 1.807) is 19.1 Å². The van der Waals surface area contributed by atoms with E-state index in [1.807, 2.05) is 6.07 Å². The van der Waals surface area contributed by atoms with Crippen molar-refractivity contribution in [2.45, 2.75) is 6.92 Å². The second-order valence-corrected chi connectivity index (χ2v) is 2.98. The van der Waals surface area contributed by atoms with Gasteiger partial charge in [-0.2, -0.15) is 5.26 Å². The molecule has 0 atom stereocenters. The molecular formula is C12H15FN4. The summed E-state index contributed by atoms with van der Waals surface area (Å²) in [5.74, 6) is 7.48. The van der Waals surface area contributed by atoms with Gasteiger partial charge < -0.3 is 5.73 Å². The third kappa shape index (κ3) is 3.41. The highest BCUT2D eigenvalue weighted by atomic mass is 19.1. The van der Waals surface area contributed by atoms with Crippen LogP contribution in [0.15, 0.2) is 30.9 Å². The minimum Gasteiger partial charge on any atom is -0.396 e. The Bertz CT molecular complexity index is 472. The molecule has 0 saturated heterocycles. The van der Waals surface area contributed by atoms with E-state index in [-0.39, 0.29) is 5.69 Å². The number of nitriles is 1. The fraction of sp³-hybridized carbons (Fsp3) is 0.0833. The zero-order valence-electron chi connectivity index (χ0n) is 9.57. The van der Waals surface area contributed by atoms with E-state index in [2.05, 4.69) is 18.3 Å². The highest BCUT2D eigenvalue weighted by Crippen LogP contribution is 2.24. The van der Waals surface area contributed by atoms with Gasteiger partial charge in [0.15, 0.2) is 0 Å². The molecule has 0 amide bonds. The van der Waals surface area contributed by atoms with Gasteiger partial charge in [0.25, 0.3) is 0 Å². The highest BCUT2D eigenvalue weighted by molar-refractivity contribution is 5.78. The number of benzene rings is 1. The Hall–Kier alpha value is -2.16. The van der Waals surface area contributed by atoms with Gasteiger partial charge in [-0.1, -0.05) is 18.7 Å². The molecule has 4 nitrogen and oxygen atoms in total. The fourth-order valence-electron chi connectivity index (χ4n) is 1.30. The summed E-state index contributed by atoms with van der Waals surface area (Å²) >= 11 is 0. The second-order valence-electron chi connectivity index (χ2n) is 2.98. The van der Waals surface area contributed by atoms with Crippen LogP contribution in [0.1, 0.15) is 18.1 Å². The lowest BCUT2D eigenvalue weighted by atomic mass is 9.99. The van der Waals surface area contributed by atoms with Crippen molar-refractivity contribution in [3.63, 3.8) is 0 Å². The van der Waals surface area contributed by atoms with E-state index < -0.39 is 5.82 Å². The van der Waals surface area contributed by atoms with Gasteiger partial charge in [0.05, 0.1) is 17.3 Å². The maximum atomic E-state index is 13.2. The smallest absolute Gasteiger partial charge is 0.146 e. The Morgan fingerprint density at radius 1 is 1.47 bits per heavy atom. The first kappa shape index (κ1) is 14.8. The number of nitrogens with two attached hydrogens (primary N) is 3. The lowest BCUT2D eigenvalue weighted by molar-refractivity contribution is 0.632. The number of anilines is 1. The summed E-state index contributed by atoms with van der Waals surface area (Å²) in [6.07, 6.45) is 3.34. The average Bonchev–Trinajstić information content (AvgIpc) is 2.37. The lowest BCUT2D eigenvalue weighted by Gasteiger charge is -2.06. The molecule has 0 bridgehead atoms. The summed E-state index contributed by atoms with van der Waals surface area (Å²) in [6.45, 7) is 5.40. The normalized spacial score (nSPS) is 9.94. The predicted octanol–water partition coefficient (Wildman–Crippen LogP) is 1.69. The maximum absolute atomic E-state index is 13.2. The van der Waals surface area contributed by atoms with Crippen LogP contribution in [0.3, 0.4) is 0 Å². The Morgan fingerprint density at radius 3 is 2.47 bits per heavy atom. The van der Waals surface area contributed by atoms with E-state index in [4.69, 9.17) is 11.0 Å². The Morgan fingerprint density at radius 2 is 2.06 bits per heavy atom. The highest BCUT2D eigenvalue weighted by Gasteiger charge is 2.09. The van der Waals surface area contributed by atoms with Crippen molar-refractivity contribution in [3.8, 4) is 6.07 Å². The van der Waals surface area contributed by atoms with Crippen molar-refractivity contribution in [3.05, 3.63) is 47.8 Å². The zero-order valence-corrected chi connectivity index (χ0v) is 9.57. The van der Waals surface area contributed by atoms with Crippen LogP contribution >= 0.6 is 0 Å². The Kier molecular flexibility index (Phi) is 6.26. The van der Waals surface area contributed by atoms with Crippen molar-refractivity contribution in [2.75, 3.05) is 5.73 Å². The quantitative estimate of drug-likeness (QED) is 0.313. The molecule has 0 radical (unpaired) electrons. The van der Waals surface area contributed by atoms with Crippen LogP contribution in [0.5, 0.6) is 0 Å². The summed E-state index contributed by atoms with van der Waals surface area (Å²) < 4.78 is 13.2. The number of hydrogen-bond donors (Lipinski definition) is 3. The molecule has 0 aliphatic rings. The molecule has 1 aromatic rings. The molecule has 0 unspecified atom stereocenters. The average molecular weight is 234 g/mol. The van der Waals surface area contributed by atoms with Gasteiger partial charge in [-0.15, -0.1) is 0 Å². The standard InChI is InChI=1S/C12H11FN2.H4N2/c1-3-8(4-2)10-6-11(13)12(15)5-9(10)7-14;1-2/h3-6H,1,15H2,2H3;1-2H2/b8-4+;. The van der Waals surface area contributed by atoms with Crippen LogP contribution in [0, 0.1) is 17.1 Å². The molecule has 0 aliphatic heterocycles. The van der Waals surface area contributed by atoms with Crippen LogP contribution in [0.25, 0.3) is 5.57 Å². The number of hydrogen-bond acceptors (Lipinski definition) is 4. The van der Waals surface area contributed by atoms with E-state index in [9.17, 15) is 4.39 Å². The van der Waals surface area contributed by atoms with Gasteiger partial charge in [0, 0.05) is 5.56 Å². The van der Waals surface area contributed by atoms with E-state index in [1.165, 1.54) is 12.1 Å². The zero-order chi connectivity index (χ0) is 13.4. The summed E-state index contributed by atoms with van der Waals surface area (Å²) in [6, 6.07) is 4.56. The van der Waals surface area contributed by atoms with Crippen molar-refractivity contribution < 1.29 is 4.39 Å². The van der Waals surface area contributed by atoms with Gasteiger partial charge in [-0.25, -0.2) is 4.39 Å². The molecule has 6 N–H and O–H groups in total. The third-order valence-electron chi connectivity index (χ3n) is 2.10. The molecule has 17 heavy (non-hydrogen) atoms. The van der Waals surface area contributed by atoms with Crippen LogP contribution in [-0.2, 0) is 0 Å². The van der Waals surface area contributed by atoms with Crippen molar-refractivity contribution in [1.82, 2.24) is 0 Å². The molecule has 1 rings (SSSR count). The second kappa shape index (κ2) is 7.17. The number of rotatable bonds is 2. The van der Waals surface area contributed by atoms with Gasteiger partial charge in [-0.3, -0.25) is 11.7 Å². The molecule has 0 aliphatic carbocycles. The van der Waals surface area contributed by atoms with Gasteiger partial charge in [-0.05, 0) is 24.6 Å². The fourth-order valence-corrected chi connectivity index (χ4v) is 1.30. The summed E-state index contributed by atoms with van der Waals surface area (Å²) in [5.41, 5.74) is 6.94. The molecule has 90 valence electrons. The molecule has 5 heteroatoms. The van der Waals surface area contributed by atoms with Crippen molar-refractivity contribution in [2.24, 2.45) is 11.7 Å². The molecule has 0 heterocycles. The minimum atomic E-state index is -0.523. The van der Waals surface area contributed by atoms with Gasteiger partial charge >= 0.3 is 0 Å². The first-order chi connectivity index (χ1) is 8.13. The van der Waals surface area contributed by atoms with Crippen molar-refractivity contribution in [1.29, 1.82) is 5.26 Å². The van der Waals surface area contributed by atoms with E-state index in [0.29, 0.717) is 16.7 Å². The number of nitrogens with zero attached hydrogens (tertiary/aromatic N) is 1. The molecular weight excluding hydrogens is 219 g/mol. The lowest BCUT2D eigenvalue weighted by Crippen LogP contribution is -2.02. The van der Waals surface area contributed by atoms with Crippen LogP contribution in [-0.4, -0.2) is 0 Å². The third-order valence-corrected chi connectivity index (χ3v) is 2.10. The SMILES string of the molecule is C=C/C(=C\C)c1cc(F)c(N)cc1C#N.NN. The molecule has 1 aromatic carbocycles. The largest absolute Gasteiger partial charge is 0.396 e. The summed E-state index contributed by atoms with van der Waals surface area (Å²) in [7, 11) is 0. The monoisotopic (exact) mass is 234 g/mol. The summed E-state index contributed by atoms with van der Waals surface area (Å²) in [5, 5.41) is 8.88. The minimum absolute atomic E-state index is 0.0187. The van der Waals surface area contributed by atoms with Crippen LogP contribution in [0.2, 0.25) is 0 Å². The topological polar surface area (TPSA) is 102 Å². The number of halogens is 1. The predicted molar refractivity (Wildman–Crippen MR) is 67.8 cm³/mol. The first-order valence-corrected chi connectivity index (χ1v) is 4.75. The molecule has 0 saturated carbocycles. The molecule has 0 fully saturated rings. The molecule has 0 aromatic heterocycles. The Balaban J connectivity index is 0.00000121. The maximum Gasteiger partial charge on any atom is 0.146 e. The van der Waals surface area contributed by atoms with E-state index in [0.717, 1.165) is 0 Å². The molecule has 0 spiro atoms. The summed E-state index contributed by atoms with van der Waals surface area (Å²) in [4.78, 5) is 0. The van der Waals surface area contributed by atoms with Crippen LogP contribution < -0.4 is 17.4 Å². The van der Waals surface area contributed by atoms with Gasteiger partial charge in [0.1, 0.15) is 5.82 Å². The Labute approximate surface area is 99.8 Å². The number of hydrazine groups is 1. The van der Waals surface area contributed by atoms with Gasteiger partial charge in [0.2, 0.25) is 0 Å². The van der Waals surface area contributed by atoms with Crippen molar-refractivity contribution >= 4 is 11.3 Å². The first-order valence-electron chi connectivity index (χ1n) is 4.75.